The van der Waals surface area contributed by atoms with Crippen LogP contribution in [0.4, 0.5) is 51.2 Å². The molecular formula is C116H147N3. The van der Waals surface area contributed by atoms with Crippen molar-refractivity contribution >= 4 is 57.3 Å². The third-order valence-electron chi connectivity index (χ3n) is 26.5. The predicted molar refractivity (Wildman–Crippen MR) is 524 cm³/mol. The molecule has 2 atom stereocenters. The van der Waals surface area contributed by atoms with Gasteiger partial charge in [0.05, 0.1) is 0 Å². The van der Waals surface area contributed by atoms with Crippen molar-refractivity contribution in [1.82, 2.24) is 0 Å². The van der Waals surface area contributed by atoms with E-state index in [2.05, 4.69) is 361 Å². The highest BCUT2D eigenvalue weighted by molar-refractivity contribution is 5.89. The molecule has 0 saturated carbocycles. The number of rotatable bonds is 42. The van der Waals surface area contributed by atoms with E-state index in [0.717, 1.165) is 35.5 Å². The highest BCUT2D eigenvalue weighted by Crippen LogP contribution is 2.58. The van der Waals surface area contributed by atoms with Gasteiger partial charge in [0.25, 0.3) is 0 Å². The van der Waals surface area contributed by atoms with E-state index in [4.69, 9.17) is 0 Å². The topological polar surface area (TPSA) is 9.72 Å². The summed E-state index contributed by atoms with van der Waals surface area (Å²) in [4.78, 5) is 7.29. The van der Waals surface area contributed by atoms with Crippen LogP contribution in [0, 0.1) is 41.5 Å². The van der Waals surface area contributed by atoms with Gasteiger partial charge < -0.3 is 14.7 Å². The summed E-state index contributed by atoms with van der Waals surface area (Å²) >= 11 is 0. The maximum Gasteiger partial charge on any atom is 0.0467 e. The Labute approximate surface area is 723 Å². The van der Waals surface area contributed by atoms with Gasteiger partial charge in [0, 0.05) is 62.0 Å². The first kappa shape index (κ1) is 90.3. The van der Waals surface area contributed by atoms with Gasteiger partial charge in [-0.2, -0.15) is 0 Å². The van der Waals surface area contributed by atoms with Crippen molar-refractivity contribution in [2.75, 3.05) is 14.7 Å². The van der Waals surface area contributed by atoms with Gasteiger partial charge in [0.2, 0.25) is 0 Å². The van der Waals surface area contributed by atoms with Crippen molar-refractivity contribution in [1.29, 1.82) is 0 Å². The number of aryl methyl sites for hydroxylation is 6. The molecular weight excluding hydrogens is 1440 g/mol. The molecule has 0 heterocycles. The molecule has 0 bridgehead atoms. The molecule has 3 heteroatoms. The quantitative estimate of drug-likeness (QED) is 0.0353. The van der Waals surface area contributed by atoms with Crippen LogP contribution < -0.4 is 14.7 Å². The molecule has 0 amide bonds. The van der Waals surface area contributed by atoms with Crippen molar-refractivity contribution < 1.29 is 0 Å². The smallest absolute Gasteiger partial charge is 0.0467 e. The van der Waals surface area contributed by atoms with Crippen LogP contribution in [0.2, 0.25) is 0 Å². The van der Waals surface area contributed by atoms with E-state index in [0.29, 0.717) is 11.8 Å². The molecule has 0 aliphatic heterocycles. The van der Waals surface area contributed by atoms with Crippen molar-refractivity contribution in [2.24, 2.45) is 0 Å². The SMILES string of the molecule is C=Cc1cccc(N(c2ccc(C)cc2)c2ccc(C)cc2)c1.CCCCCCCCC1(CCCCCCCC)c2cc(C)ccc2-c2ccc(C)cc21.CCCCCCCCC1(CCCCCCCC)c2cc(N(c3ccc(C)cc3)c3ccc(C(C)CC)cc3)ccc2-c2ccc(N(c3ccc(C)cc3)c3ccc(C(C)CC)cc3)cc21. The minimum absolute atomic E-state index is 0.0923. The molecule has 2 aliphatic carbocycles. The van der Waals surface area contributed by atoms with E-state index < -0.39 is 0 Å². The molecule has 2 unspecified atom stereocenters. The molecule has 13 rings (SSSR count). The third-order valence-corrected chi connectivity index (χ3v) is 26.5. The molecule has 626 valence electrons. The molecule has 0 N–H and O–H groups in total. The summed E-state index contributed by atoms with van der Waals surface area (Å²) in [5, 5.41) is 0. The average molecular weight is 1580 g/mol. The van der Waals surface area contributed by atoms with Gasteiger partial charge in [0.15, 0.2) is 0 Å². The van der Waals surface area contributed by atoms with E-state index in [1.54, 1.807) is 11.1 Å². The highest BCUT2D eigenvalue weighted by Gasteiger charge is 2.45. The maximum atomic E-state index is 3.88. The normalized spacial score (nSPS) is 13.1. The van der Waals surface area contributed by atoms with Crippen LogP contribution in [0.5, 0.6) is 0 Å². The summed E-state index contributed by atoms with van der Waals surface area (Å²) in [6, 6.07) is 92.3. The number of fused-ring (bicyclic) bond motifs is 6. The van der Waals surface area contributed by atoms with E-state index >= 15 is 0 Å². The summed E-state index contributed by atoms with van der Waals surface area (Å²) in [6.07, 6.45) is 41.3. The molecule has 0 radical (unpaired) electrons. The summed E-state index contributed by atoms with van der Waals surface area (Å²) in [5.41, 5.74) is 34.9. The Balaban J connectivity index is 0.000000210. The third kappa shape index (κ3) is 23.2. The molecule has 0 fully saturated rings. The summed E-state index contributed by atoms with van der Waals surface area (Å²) in [7, 11) is 0. The second-order valence-corrected chi connectivity index (χ2v) is 35.7. The number of unbranched alkanes of at least 4 members (excludes halogenated alkanes) is 20. The van der Waals surface area contributed by atoms with Crippen LogP contribution in [-0.4, -0.2) is 0 Å². The Morgan fingerprint density at radius 1 is 0.252 bits per heavy atom. The van der Waals surface area contributed by atoms with Crippen LogP contribution in [-0.2, 0) is 10.8 Å². The Kier molecular flexibility index (Phi) is 34.4. The van der Waals surface area contributed by atoms with Gasteiger partial charge in [-0.15, -0.1) is 0 Å². The number of hydrogen-bond acceptors (Lipinski definition) is 3. The zero-order valence-corrected chi connectivity index (χ0v) is 76.1. The predicted octanol–water partition coefficient (Wildman–Crippen LogP) is 36.5. The van der Waals surface area contributed by atoms with E-state index in [1.165, 1.54) is 292 Å². The number of nitrogens with zero attached hydrogens (tertiary/aromatic N) is 3. The summed E-state index contributed by atoms with van der Waals surface area (Å²) in [5.74, 6) is 1.08. The van der Waals surface area contributed by atoms with Crippen LogP contribution >= 0.6 is 0 Å². The molecule has 119 heavy (non-hydrogen) atoms. The zero-order valence-electron chi connectivity index (χ0n) is 76.1. The first-order valence-corrected chi connectivity index (χ1v) is 47.1. The fourth-order valence-electron chi connectivity index (χ4n) is 18.9. The molecule has 11 aromatic rings. The van der Waals surface area contributed by atoms with Crippen LogP contribution in [0.25, 0.3) is 28.3 Å². The van der Waals surface area contributed by atoms with Crippen molar-refractivity contribution in [3.8, 4) is 22.3 Å². The van der Waals surface area contributed by atoms with Gasteiger partial charge in [-0.1, -0.05) is 389 Å². The molecule has 3 nitrogen and oxygen atoms in total. The van der Waals surface area contributed by atoms with Gasteiger partial charge in [0.1, 0.15) is 0 Å². The Hall–Kier alpha value is -9.44. The summed E-state index contributed by atoms with van der Waals surface area (Å²) < 4.78 is 0. The summed E-state index contributed by atoms with van der Waals surface area (Å²) in [6.45, 7) is 35.6. The largest absolute Gasteiger partial charge is 0.310 e. The fourth-order valence-corrected chi connectivity index (χ4v) is 18.9. The Bertz CT molecular complexity index is 4600. The minimum Gasteiger partial charge on any atom is -0.310 e. The lowest BCUT2D eigenvalue weighted by Crippen LogP contribution is -2.26. The average Bonchev–Trinajstić information content (AvgIpc) is 1.57. The van der Waals surface area contributed by atoms with Crippen molar-refractivity contribution in [2.45, 2.75) is 312 Å². The maximum absolute atomic E-state index is 3.88. The lowest BCUT2D eigenvalue weighted by molar-refractivity contribution is 0.397. The van der Waals surface area contributed by atoms with Gasteiger partial charge in [-0.3, -0.25) is 0 Å². The van der Waals surface area contributed by atoms with Gasteiger partial charge >= 0.3 is 0 Å². The standard InChI is InChI=1S/C63H80N2.C31H46.C22H21N/c1-9-13-15-17-19-21-43-63(44-22-20-18-16-14-10-2)61-45-57(64(53-31-23-47(5)24-32-53)55-35-27-51(28-36-55)49(7)11-3)39-41-59(61)60-42-40-58(46-62(60)63)65(54-33-25-48(6)26-34-54)56-37-29-52(30-38-56)50(8)12-4;1-5-7-9-11-13-15-21-31(22-16-14-12-10-8-6-2)29-23-25(3)17-19-27(29)28-20-18-26(4)24-30(28)31;1-4-19-6-5-7-22(16-19)23(20-12-8-17(2)9-13-20)21-14-10-18(3)11-15-21/h23-42,45-46,49-50H,9-22,43-44H2,1-8H3;17-20,23-24H,5-16,21-22H2,1-4H3;4-16H,1H2,2-3H3. The lowest BCUT2D eigenvalue weighted by atomic mass is 9.70. The first-order valence-electron chi connectivity index (χ1n) is 47.1. The van der Waals surface area contributed by atoms with Crippen LogP contribution in [0.3, 0.4) is 0 Å². The second kappa shape index (κ2) is 45.3. The monoisotopic (exact) mass is 1580 g/mol. The minimum atomic E-state index is -0.0923. The Morgan fingerprint density at radius 2 is 0.487 bits per heavy atom. The van der Waals surface area contributed by atoms with Gasteiger partial charge in [-0.05, 0) is 262 Å². The molecule has 11 aromatic carbocycles. The number of benzene rings is 11. The highest BCUT2D eigenvalue weighted by atomic mass is 15.2. The molecule has 0 spiro atoms. The van der Waals surface area contributed by atoms with E-state index in [1.807, 2.05) is 6.08 Å². The molecule has 0 saturated heterocycles. The first-order chi connectivity index (χ1) is 58.0. The van der Waals surface area contributed by atoms with Crippen LogP contribution in [0.1, 0.15) is 332 Å². The number of hydrogen-bond donors (Lipinski definition) is 0. The van der Waals surface area contributed by atoms with E-state index in [-0.39, 0.29) is 10.8 Å². The zero-order chi connectivity index (χ0) is 84.1. The second-order valence-electron chi connectivity index (χ2n) is 35.7. The van der Waals surface area contributed by atoms with Crippen LogP contribution in [0.15, 0.2) is 249 Å². The Morgan fingerprint density at radius 3 is 0.765 bits per heavy atom. The van der Waals surface area contributed by atoms with E-state index in [9.17, 15) is 0 Å². The molecule has 2 aliphatic rings. The number of anilines is 9. The molecule has 0 aromatic heterocycles. The van der Waals surface area contributed by atoms with Gasteiger partial charge in [-0.25, -0.2) is 0 Å². The fraction of sp³-hybridized carbons (Fsp3) is 0.414. The lowest BCUT2D eigenvalue weighted by Gasteiger charge is -2.35. The van der Waals surface area contributed by atoms with Crippen molar-refractivity contribution in [3.63, 3.8) is 0 Å². The van der Waals surface area contributed by atoms with Crippen molar-refractivity contribution in [3.05, 3.63) is 322 Å².